The van der Waals surface area contributed by atoms with E-state index in [1.165, 1.54) is 6.20 Å². The molecule has 0 saturated carbocycles. The third-order valence-corrected chi connectivity index (χ3v) is 3.21. The van der Waals surface area contributed by atoms with E-state index in [1.807, 2.05) is 30.3 Å². The molecule has 0 radical (unpaired) electrons. The van der Waals surface area contributed by atoms with E-state index < -0.39 is 0 Å². The van der Waals surface area contributed by atoms with Gasteiger partial charge in [0, 0.05) is 12.3 Å². The van der Waals surface area contributed by atoms with Gasteiger partial charge in [-0.2, -0.15) is 5.10 Å². The summed E-state index contributed by atoms with van der Waals surface area (Å²) in [6.07, 6.45) is 1.53. The summed E-state index contributed by atoms with van der Waals surface area (Å²) >= 11 is 5.89. The Bertz CT molecular complexity index is 770. The molecular weight excluding hydrogens is 288 g/mol. The number of halogens is 1. The van der Waals surface area contributed by atoms with Gasteiger partial charge in [0.1, 0.15) is 5.15 Å². The van der Waals surface area contributed by atoms with Crippen molar-refractivity contribution in [1.29, 1.82) is 0 Å². The first-order valence-electron chi connectivity index (χ1n) is 6.27. The first-order valence-corrected chi connectivity index (χ1v) is 6.64. The van der Waals surface area contributed by atoms with Crippen LogP contribution in [0.2, 0.25) is 5.15 Å². The second-order valence-corrected chi connectivity index (χ2v) is 4.69. The van der Waals surface area contributed by atoms with Crippen LogP contribution >= 0.6 is 11.6 Å². The Balaban J connectivity index is 1.79. The fraction of sp³-hybridized carbons (Fsp3) is 0. The predicted molar refractivity (Wildman–Crippen MR) is 81.2 cm³/mol. The van der Waals surface area contributed by atoms with E-state index in [4.69, 9.17) is 11.6 Å². The van der Waals surface area contributed by atoms with Gasteiger partial charge in [-0.1, -0.05) is 41.9 Å². The largest absolute Gasteiger partial charge is 0.305 e. The Kier molecular flexibility index (Phi) is 3.66. The lowest BCUT2D eigenvalue weighted by molar-refractivity contribution is 0.102. The maximum Gasteiger partial charge on any atom is 0.259 e. The molecule has 0 fully saturated rings. The molecule has 2 heterocycles. The quantitative estimate of drug-likeness (QED) is 0.728. The third-order valence-electron chi connectivity index (χ3n) is 2.91. The number of carbonyl (C=O) groups is 1. The molecule has 104 valence electrons. The predicted octanol–water partition coefficient (Wildman–Crippen LogP) is 3.38. The lowest BCUT2D eigenvalue weighted by Gasteiger charge is -2.02. The van der Waals surface area contributed by atoms with Gasteiger partial charge in [0.2, 0.25) is 0 Å². The number of aromatic nitrogens is 3. The molecule has 3 aromatic rings. The van der Waals surface area contributed by atoms with Gasteiger partial charge >= 0.3 is 0 Å². The second-order valence-electron chi connectivity index (χ2n) is 4.33. The van der Waals surface area contributed by atoms with Crippen molar-refractivity contribution in [2.24, 2.45) is 0 Å². The van der Waals surface area contributed by atoms with Crippen LogP contribution in [0.4, 0.5) is 5.82 Å². The van der Waals surface area contributed by atoms with E-state index in [2.05, 4.69) is 20.5 Å². The molecule has 3 rings (SSSR count). The highest BCUT2D eigenvalue weighted by atomic mass is 35.5. The first-order chi connectivity index (χ1) is 10.2. The molecule has 5 nitrogen and oxygen atoms in total. The van der Waals surface area contributed by atoms with E-state index >= 15 is 0 Å². The zero-order valence-corrected chi connectivity index (χ0v) is 11.6. The number of nitrogens with one attached hydrogen (secondary N) is 2. The summed E-state index contributed by atoms with van der Waals surface area (Å²) < 4.78 is 0. The van der Waals surface area contributed by atoms with Crippen molar-refractivity contribution < 1.29 is 4.79 Å². The number of rotatable bonds is 3. The molecule has 0 unspecified atom stereocenters. The van der Waals surface area contributed by atoms with Crippen LogP contribution in [0.1, 0.15) is 10.4 Å². The van der Waals surface area contributed by atoms with Gasteiger partial charge in [0.15, 0.2) is 5.82 Å². The van der Waals surface area contributed by atoms with E-state index in [9.17, 15) is 4.79 Å². The second kappa shape index (κ2) is 5.76. The topological polar surface area (TPSA) is 70.7 Å². The molecule has 0 aliphatic rings. The van der Waals surface area contributed by atoms with E-state index in [1.54, 1.807) is 18.2 Å². The molecule has 0 aliphatic heterocycles. The Hall–Kier alpha value is -2.66. The van der Waals surface area contributed by atoms with Crippen LogP contribution in [0.5, 0.6) is 0 Å². The van der Waals surface area contributed by atoms with Gasteiger partial charge in [0.25, 0.3) is 5.91 Å². The number of anilines is 1. The van der Waals surface area contributed by atoms with Crippen LogP contribution in [0.3, 0.4) is 0 Å². The molecule has 0 atom stereocenters. The molecule has 6 heteroatoms. The SMILES string of the molecule is O=C(Nc1cc(-c2ccccc2)[nH]n1)c1cccnc1Cl. The normalized spacial score (nSPS) is 10.3. The van der Waals surface area contributed by atoms with Crippen molar-refractivity contribution in [3.8, 4) is 11.3 Å². The van der Waals surface area contributed by atoms with Gasteiger partial charge in [-0.3, -0.25) is 9.89 Å². The van der Waals surface area contributed by atoms with Gasteiger partial charge in [-0.05, 0) is 17.7 Å². The van der Waals surface area contributed by atoms with Gasteiger partial charge < -0.3 is 5.32 Å². The van der Waals surface area contributed by atoms with Crippen molar-refractivity contribution in [3.63, 3.8) is 0 Å². The maximum absolute atomic E-state index is 12.1. The minimum atomic E-state index is -0.348. The molecule has 2 N–H and O–H groups in total. The van der Waals surface area contributed by atoms with Gasteiger partial charge in [0.05, 0.1) is 11.3 Å². The Morgan fingerprint density at radius 3 is 2.71 bits per heavy atom. The van der Waals surface area contributed by atoms with Crippen LogP contribution in [-0.2, 0) is 0 Å². The average Bonchev–Trinajstić information content (AvgIpc) is 2.97. The van der Waals surface area contributed by atoms with E-state index in [-0.39, 0.29) is 11.1 Å². The Morgan fingerprint density at radius 1 is 1.14 bits per heavy atom. The number of aromatic amines is 1. The summed E-state index contributed by atoms with van der Waals surface area (Å²) in [6.45, 7) is 0. The van der Waals surface area contributed by atoms with Crippen molar-refractivity contribution >= 4 is 23.3 Å². The number of H-pyrrole nitrogens is 1. The highest BCUT2D eigenvalue weighted by molar-refractivity contribution is 6.33. The number of amides is 1. The van der Waals surface area contributed by atoms with Crippen molar-refractivity contribution in [2.45, 2.75) is 0 Å². The molecule has 1 amide bonds. The lowest BCUT2D eigenvalue weighted by Crippen LogP contribution is -2.13. The molecule has 21 heavy (non-hydrogen) atoms. The number of pyridine rings is 1. The molecular formula is C15H11ClN4O. The molecule has 0 aliphatic carbocycles. The van der Waals surface area contributed by atoms with Gasteiger partial charge in [-0.15, -0.1) is 0 Å². The Morgan fingerprint density at radius 2 is 1.95 bits per heavy atom. The van der Waals surface area contributed by atoms with Crippen LogP contribution in [-0.4, -0.2) is 21.1 Å². The highest BCUT2D eigenvalue weighted by Crippen LogP contribution is 2.20. The van der Waals surface area contributed by atoms with Crippen LogP contribution < -0.4 is 5.32 Å². The monoisotopic (exact) mass is 298 g/mol. The van der Waals surface area contributed by atoms with Crippen LogP contribution in [0.15, 0.2) is 54.7 Å². The molecule has 2 aromatic heterocycles. The van der Waals surface area contributed by atoms with E-state index in [0.29, 0.717) is 11.4 Å². The number of nitrogens with zero attached hydrogens (tertiary/aromatic N) is 2. The summed E-state index contributed by atoms with van der Waals surface area (Å²) in [7, 11) is 0. The standard InChI is InChI=1S/C15H11ClN4O/c16-14-11(7-4-8-17-14)15(21)18-13-9-12(19-20-13)10-5-2-1-3-6-10/h1-9H,(H2,18,19,20,21). The summed E-state index contributed by atoms with van der Waals surface area (Å²) in [5.74, 6) is 0.0815. The van der Waals surface area contributed by atoms with Crippen molar-refractivity contribution in [3.05, 3.63) is 65.4 Å². The molecule has 0 saturated heterocycles. The molecule has 1 aromatic carbocycles. The third kappa shape index (κ3) is 2.93. The summed E-state index contributed by atoms with van der Waals surface area (Å²) in [6, 6.07) is 14.7. The maximum atomic E-state index is 12.1. The summed E-state index contributed by atoms with van der Waals surface area (Å²) in [5, 5.41) is 9.79. The fourth-order valence-electron chi connectivity index (χ4n) is 1.89. The Labute approximate surface area is 126 Å². The zero-order valence-electron chi connectivity index (χ0n) is 10.9. The van der Waals surface area contributed by atoms with Crippen molar-refractivity contribution in [1.82, 2.24) is 15.2 Å². The van der Waals surface area contributed by atoms with Gasteiger partial charge in [-0.25, -0.2) is 4.98 Å². The average molecular weight is 299 g/mol. The molecule has 0 spiro atoms. The smallest absolute Gasteiger partial charge is 0.259 e. The number of hydrogen-bond acceptors (Lipinski definition) is 3. The summed E-state index contributed by atoms with van der Waals surface area (Å²) in [5.41, 5.74) is 2.12. The zero-order chi connectivity index (χ0) is 14.7. The number of hydrogen-bond donors (Lipinski definition) is 2. The highest BCUT2D eigenvalue weighted by Gasteiger charge is 2.12. The number of carbonyl (C=O) groups excluding carboxylic acids is 1. The minimum absolute atomic E-state index is 0.161. The van der Waals surface area contributed by atoms with Crippen LogP contribution in [0, 0.1) is 0 Å². The van der Waals surface area contributed by atoms with E-state index in [0.717, 1.165) is 11.3 Å². The lowest BCUT2D eigenvalue weighted by atomic mass is 10.1. The minimum Gasteiger partial charge on any atom is -0.305 e. The van der Waals surface area contributed by atoms with Crippen molar-refractivity contribution in [2.75, 3.05) is 5.32 Å². The molecule has 0 bridgehead atoms. The van der Waals surface area contributed by atoms with Crippen LogP contribution in [0.25, 0.3) is 11.3 Å². The number of benzene rings is 1. The summed E-state index contributed by atoms with van der Waals surface area (Å²) in [4.78, 5) is 16.0. The fourth-order valence-corrected chi connectivity index (χ4v) is 2.10. The first kappa shape index (κ1) is 13.3.